The van der Waals surface area contributed by atoms with Gasteiger partial charge in [-0.2, -0.15) is 21.0 Å². The molecule has 0 fully saturated rings. The summed E-state index contributed by atoms with van der Waals surface area (Å²) in [5.74, 6) is 0. The van der Waals surface area contributed by atoms with E-state index in [0.29, 0.717) is 55.7 Å². The Labute approximate surface area is 297 Å². The maximum absolute atomic E-state index is 10.5. The van der Waals surface area contributed by atoms with Crippen LogP contribution in [0.15, 0.2) is 142 Å². The van der Waals surface area contributed by atoms with Crippen LogP contribution in [0.3, 0.4) is 0 Å². The highest BCUT2D eigenvalue weighted by molar-refractivity contribution is 6.08. The third kappa shape index (κ3) is 4.93. The Kier molecular flexibility index (Phi) is 6.91. The summed E-state index contributed by atoms with van der Waals surface area (Å²) in [5.41, 5.74) is 11.1. The molecule has 0 saturated carbocycles. The normalized spacial score (nSPS) is 11.0. The molecule has 7 aromatic carbocycles. The Balaban J connectivity index is 1.30. The van der Waals surface area contributed by atoms with Gasteiger partial charge in [0.2, 0.25) is 0 Å². The zero-order valence-corrected chi connectivity index (χ0v) is 27.3. The Morgan fingerprint density at radius 2 is 0.750 bits per heavy atom. The van der Waals surface area contributed by atoms with Gasteiger partial charge in [0, 0.05) is 27.1 Å². The standard InChI is InChI=1S/C46H22N4O2/c47-23-27-6-10-42-38(14-27)40-21-30(8-12-44(40)51-42)33-16-34(31-9-13-45-41(22-31)39-15-28(24-48)7-11-43(39)52-45)18-35(17-33)46-36(25-49)19-32(20-37(46)26-50)29-4-2-1-3-5-29/h1-22H. The largest absolute Gasteiger partial charge is 0.456 e. The minimum atomic E-state index is 0.390. The second kappa shape index (κ2) is 11.9. The fourth-order valence-electron chi connectivity index (χ4n) is 7.08. The smallest absolute Gasteiger partial charge is 0.135 e. The lowest BCUT2D eigenvalue weighted by molar-refractivity contribution is 0.668. The summed E-state index contributed by atoms with van der Waals surface area (Å²) in [5, 5.41) is 43.6. The van der Waals surface area contributed by atoms with Crippen LogP contribution in [-0.4, -0.2) is 0 Å². The van der Waals surface area contributed by atoms with Crippen molar-refractivity contribution in [2.75, 3.05) is 0 Å². The summed E-state index contributed by atoms with van der Waals surface area (Å²) >= 11 is 0. The van der Waals surface area contributed by atoms with Crippen molar-refractivity contribution in [1.82, 2.24) is 0 Å². The van der Waals surface area contributed by atoms with Crippen molar-refractivity contribution in [3.05, 3.63) is 156 Å². The molecule has 2 aromatic heterocycles. The predicted molar refractivity (Wildman–Crippen MR) is 202 cm³/mol. The van der Waals surface area contributed by atoms with Gasteiger partial charge < -0.3 is 8.83 Å². The van der Waals surface area contributed by atoms with Gasteiger partial charge in [-0.05, 0) is 130 Å². The molecule has 0 spiro atoms. The zero-order valence-electron chi connectivity index (χ0n) is 27.3. The summed E-state index contributed by atoms with van der Waals surface area (Å²) in [7, 11) is 0. The Morgan fingerprint density at radius 3 is 1.21 bits per heavy atom. The van der Waals surface area contributed by atoms with Crippen LogP contribution < -0.4 is 0 Å². The van der Waals surface area contributed by atoms with E-state index >= 15 is 0 Å². The summed E-state index contributed by atoms with van der Waals surface area (Å²) in [4.78, 5) is 0. The highest BCUT2D eigenvalue weighted by atomic mass is 16.3. The van der Waals surface area contributed by atoms with Crippen LogP contribution >= 0.6 is 0 Å². The van der Waals surface area contributed by atoms with Crippen LogP contribution in [0.25, 0.3) is 88.4 Å². The molecule has 0 aliphatic heterocycles. The van der Waals surface area contributed by atoms with Crippen LogP contribution in [-0.2, 0) is 0 Å². The number of benzene rings is 7. The summed E-state index contributed by atoms with van der Waals surface area (Å²) in [6, 6.07) is 51.4. The first-order chi connectivity index (χ1) is 25.5. The van der Waals surface area contributed by atoms with Crippen LogP contribution in [0, 0.1) is 45.3 Å². The lowest BCUT2D eigenvalue weighted by Gasteiger charge is -2.15. The van der Waals surface area contributed by atoms with Gasteiger partial charge >= 0.3 is 0 Å². The van der Waals surface area contributed by atoms with Crippen LogP contribution in [0.1, 0.15) is 22.3 Å². The number of nitriles is 4. The van der Waals surface area contributed by atoms with E-state index in [1.807, 2.05) is 103 Å². The molecular weight excluding hydrogens is 641 g/mol. The zero-order chi connectivity index (χ0) is 35.3. The van der Waals surface area contributed by atoms with Crippen molar-refractivity contribution in [2.45, 2.75) is 0 Å². The van der Waals surface area contributed by atoms with Crippen molar-refractivity contribution >= 4 is 43.9 Å². The molecule has 0 atom stereocenters. The second-order valence-corrected chi connectivity index (χ2v) is 12.6. The highest BCUT2D eigenvalue weighted by Gasteiger charge is 2.18. The van der Waals surface area contributed by atoms with Crippen molar-refractivity contribution in [2.24, 2.45) is 0 Å². The van der Waals surface area contributed by atoms with Crippen molar-refractivity contribution in [1.29, 1.82) is 21.0 Å². The highest BCUT2D eigenvalue weighted by Crippen LogP contribution is 2.41. The molecule has 52 heavy (non-hydrogen) atoms. The number of hydrogen-bond acceptors (Lipinski definition) is 6. The summed E-state index contributed by atoms with van der Waals surface area (Å²) in [6.07, 6.45) is 0. The molecule has 0 bridgehead atoms. The van der Waals surface area contributed by atoms with E-state index < -0.39 is 0 Å². The molecule has 0 N–H and O–H groups in total. The molecule has 9 rings (SSSR count). The molecule has 0 radical (unpaired) electrons. The first-order valence-corrected chi connectivity index (χ1v) is 16.5. The number of nitrogens with zero attached hydrogens (tertiary/aromatic N) is 4. The van der Waals surface area contributed by atoms with E-state index in [1.165, 1.54) is 0 Å². The van der Waals surface area contributed by atoms with E-state index in [4.69, 9.17) is 8.83 Å². The van der Waals surface area contributed by atoms with E-state index in [2.05, 4.69) is 42.5 Å². The average molecular weight is 663 g/mol. The fraction of sp³-hybridized carbons (Fsp3) is 0. The van der Waals surface area contributed by atoms with Crippen molar-refractivity contribution < 1.29 is 8.83 Å². The molecule has 0 amide bonds. The van der Waals surface area contributed by atoms with Gasteiger partial charge in [-0.25, -0.2) is 0 Å². The first-order valence-electron chi connectivity index (χ1n) is 16.5. The quantitative estimate of drug-likeness (QED) is 0.185. The minimum absolute atomic E-state index is 0.390. The maximum Gasteiger partial charge on any atom is 0.135 e. The lowest BCUT2D eigenvalue weighted by Crippen LogP contribution is -1.94. The second-order valence-electron chi connectivity index (χ2n) is 12.6. The molecule has 0 aliphatic carbocycles. The third-order valence-corrected chi connectivity index (χ3v) is 9.57. The van der Waals surface area contributed by atoms with Crippen molar-refractivity contribution in [3.63, 3.8) is 0 Å². The number of furan rings is 2. The molecule has 238 valence electrons. The minimum Gasteiger partial charge on any atom is -0.456 e. The van der Waals surface area contributed by atoms with Gasteiger partial charge in [0.25, 0.3) is 0 Å². The number of rotatable bonds is 4. The van der Waals surface area contributed by atoms with Crippen LogP contribution in [0.2, 0.25) is 0 Å². The molecule has 6 nitrogen and oxygen atoms in total. The fourth-order valence-corrected chi connectivity index (χ4v) is 7.08. The van der Waals surface area contributed by atoms with E-state index in [9.17, 15) is 21.0 Å². The monoisotopic (exact) mass is 662 g/mol. The average Bonchev–Trinajstić information content (AvgIpc) is 3.76. The summed E-state index contributed by atoms with van der Waals surface area (Å²) < 4.78 is 12.2. The van der Waals surface area contributed by atoms with Crippen LogP contribution in [0.5, 0.6) is 0 Å². The van der Waals surface area contributed by atoms with E-state index in [1.54, 1.807) is 12.1 Å². The molecule has 0 unspecified atom stereocenters. The first kappa shape index (κ1) is 30.2. The molecule has 9 aromatic rings. The molecule has 6 heteroatoms. The van der Waals surface area contributed by atoms with Crippen LogP contribution in [0.4, 0.5) is 0 Å². The Bertz CT molecular complexity index is 2940. The van der Waals surface area contributed by atoms with E-state index in [0.717, 1.165) is 54.9 Å². The third-order valence-electron chi connectivity index (χ3n) is 9.57. The number of fused-ring (bicyclic) bond motifs is 6. The van der Waals surface area contributed by atoms with Gasteiger partial charge in [0.05, 0.1) is 46.5 Å². The topological polar surface area (TPSA) is 121 Å². The summed E-state index contributed by atoms with van der Waals surface area (Å²) in [6.45, 7) is 0. The van der Waals surface area contributed by atoms with Crippen molar-refractivity contribution in [3.8, 4) is 68.8 Å². The lowest BCUT2D eigenvalue weighted by atomic mass is 9.87. The maximum atomic E-state index is 10.5. The molecule has 0 aliphatic rings. The predicted octanol–water partition coefficient (Wildman–Crippen LogP) is 11.6. The van der Waals surface area contributed by atoms with Gasteiger partial charge in [0.15, 0.2) is 0 Å². The van der Waals surface area contributed by atoms with Gasteiger partial charge in [-0.1, -0.05) is 42.5 Å². The SMILES string of the molecule is N#Cc1ccc2oc3ccc(-c4cc(-c5ccc6oc7ccc(C#N)cc7c6c5)cc(-c5c(C#N)cc(-c6ccccc6)cc5C#N)c4)cc3c2c1. The molecule has 0 saturated heterocycles. The van der Waals surface area contributed by atoms with E-state index in [-0.39, 0.29) is 0 Å². The van der Waals surface area contributed by atoms with Gasteiger partial charge in [0.1, 0.15) is 22.3 Å². The molecular formula is C46H22N4O2. The molecule has 2 heterocycles. The Hall–Kier alpha value is -7.90. The Morgan fingerprint density at radius 1 is 0.327 bits per heavy atom. The van der Waals surface area contributed by atoms with Gasteiger partial charge in [-0.15, -0.1) is 0 Å². The van der Waals surface area contributed by atoms with Gasteiger partial charge in [-0.3, -0.25) is 0 Å². The number of hydrogen-bond donors (Lipinski definition) is 0.